The number of ketones is 1. The van der Waals surface area contributed by atoms with Crippen molar-refractivity contribution in [3.8, 4) is 0 Å². The van der Waals surface area contributed by atoms with Gasteiger partial charge in [0.1, 0.15) is 11.3 Å². The summed E-state index contributed by atoms with van der Waals surface area (Å²) in [6.07, 6.45) is 10.4. The summed E-state index contributed by atoms with van der Waals surface area (Å²) in [7, 11) is 0. The molecule has 1 aliphatic carbocycles. The highest BCUT2D eigenvalue weighted by atomic mass is 16.2. The number of carbonyl (C=O) groups is 2. The molecule has 0 bridgehead atoms. The van der Waals surface area contributed by atoms with E-state index in [1.54, 1.807) is 4.90 Å². The fraction of sp³-hybridized carbons (Fsp3) is 0.640. The van der Waals surface area contributed by atoms with Crippen LogP contribution in [0.5, 0.6) is 0 Å². The smallest absolute Gasteiger partial charge is 0.257 e. The summed E-state index contributed by atoms with van der Waals surface area (Å²) in [4.78, 5) is 31.6. The van der Waals surface area contributed by atoms with Crippen molar-refractivity contribution in [2.45, 2.75) is 96.6 Å². The van der Waals surface area contributed by atoms with Crippen LogP contribution in [0.3, 0.4) is 0 Å². The van der Waals surface area contributed by atoms with Crippen LogP contribution in [-0.2, 0) is 22.6 Å². The average molecular weight is 412 g/mol. The Labute approximate surface area is 181 Å². The van der Waals surface area contributed by atoms with E-state index >= 15 is 0 Å². The summed E-state index contributed by atoms with van der Waals surface area (Å²) < 4.78 is 0. The number of nitrogens with zero attached hydrogens (tertiary/aromatic N) is 2. The zero-order valence-corrected chi connectivity index (χ0v) is 18.7. The molecule has 1 aromatic rings. The van der Waals surface area contributed by atoms with Crippen LogP contribution in [-0.4, -0.2) is 28.1 Å². The van der Waals surface area contributed by atoms with Crippen LogP contribution < -0.4 is 5.73 Å². The van der Waals surface area contributed by atoms with Gasteiger partial charge in [0.05, 0.1) is 6.54 Å². The first-order valence-electron chi connectivity index (χ1n) is 11.8. The van der Waals surface area contributed by atoms with Gasteiger partial charge in [-0.05, 0) is 49.1 Å². The molecule has 3 rings (SSSR count). The third-order valence-corrected chi connectivity index (χ3v) is 6.49. The van der Waals surface area contributed by atoms with Crippen LogP contribution in [0, 0.1) is 5.92 Å². The maximum absolute atomic E-state index is 13.3. The van der Waals surface area contributed by atoms with Gasteiger partial charge in [0.25, 0.3) is 5.91 Å². The minimum Gasteiger partial charge on any atom is -0.369 e. The third kappa shape index (κ3) is 5.30. The van der Waals surface area contributed by atoms with Crippen molar-refractivity contribution in [1.29, 1.82) is 0 Å². The average Bonchev–Trinajstić information content (AvgIpc) is 3.56. The van der Waals surface area contributed by atoms with Crippen molar-refractivity contribution in [2.24, 2.45) is 16.6 Å². The van der Waals surface area contributed by atoms with Crippen LogP contribution in [0.1, 0.15) is 89.2 Å². The molecule has 1 aromatic carbocycles. The molecule has 2 N–H and O–H groups in total. The summed E-state index contributed by atoms with van der Waals surface area (Å²) in [5.41, 5.74) is 7.80. The number of carbonyl (C=O) groups excluding carboxylic acids is 2. The lowest BCUT2D eigenvalue weighted by molar-refractivity contribution is -0.132. The Morgan fingerprint density at radius 2 is 1.73 bits per heavy atom. The number of Topliss-reactive ketones (excluding diaryl/α,β-unsaturated/α-hetero) is 1. The Balaban J connectivity index is 1.56. The van der Waals surface area contributed by atoms with Gasteiger partial charge in [-0.2, -0.15) is 0 Å². The molecule has 0 radical (unpaired) electrons. The van der Waals surface area contributed by atoms with E-state index in [2.05, 4.69) is 26.0 Å². The molecule has 1 amide bonds. The van der Waals surface area contributed by atoms with Gasteiger partial charge in [0.2, 0.25) is 0 Å². The van der Waals surface area contributed by atoms with Crippen molar-refractivity contribution in [1.82, 2.24) is 4.90 Å². The second kappa shape index (κ2) is 10.2. The standard InChI is InChI=1S/C25H37N3O2/c1-3-5-7-8-22(29)16-13-19-9-11-20(12-10-19)18-28-23(30)25(17-6-4-2,21-14-15-21)27-24(28)26/h9-12,21H,3-8,13-18H2,1-2H3,(H2,26,27). The number of unbranched alkanes of at least 4 members (excludes halogenated alkanes) is 3. The van der Waals surface area contributed by atoms with Crippen molar-refractivity contribution >= 4 is 17.6 Å². The van der Waals surface area contributed by atoms with Gasteiger partial charge in [0.15, 0.2) is 5.96 Å². The molecule has 2 aliphatic rings. The highest BCUT2D eigenvalue weighted by Crippen LogP contribution is 2.48. The first-order valence-corrected chi connectivity index (χ1v) is 11.8. The molecule has 1 aliphatic heterocycles. The molecule has 164 valence electrons. The van der Waals surface area contributed by atoms with E-state index < -0.39 is 5.54 Å². The number of benzene rings is 1. The lowest BCUT2D eigenvalue weighted by Gasteiger charge is -2.26. The number of aliphatic imine (C=N–C) groups is 1. The van der Waals surface area contributed by atoms with Gasteiger partial charge < -0.3 is 5.73 Å². The molecule has 0 saturated heterocycles. The van der Waals surface area contributed by atoms with Crippen molar-refractivity contribution < 1.29 is 9.59 Å². The quantitative estimate of drug-likeness (QED) is 0.475. The SMILES string of the molecule is CCCCCC(=O)CCc1ccc(CN2C(=O)C(CCCC)(C3CC3)N=C2N)cc1. The Morgan fingerprint density at radius 3 is 2.37 bits per heavy atom. The third-order valence-electron chi connectivity index (χ3n) is 6.49. The molecule has 0 aromatic heterocycles. The molecule has 0 spiro atoms. The number of hydrogen-bond donors (Lipinski definition) is 1. The fourth-order valence-corrected chi connectivity index (χ4v) is 4.42. The molecule has 1 atom stereocenters. The van der Waals surface area contributed by atoms with Crippen molar-refractivity contribution in [3.05, 3.63) is 35.4 Å². The highest BCUT2D eigenvalue weighted by Gasteiger charge is 2.56. The Morgan fingerprint density at radius 1 is 1.07 bits per heavy atom. The topological polar surface area (TPSA) is 75.8 Å². The van der Waals surface area contributed by atoms with E-state index in [0.29, 0.717) is 37.0 Å². The normalized spacial score (nSPS) is 21.2. The number of nitrogens with two attached hydrogens (primary N) is 1. The summed E-state index contributed by atoms with van der Waals surface area (Å²) >= 11 is 0. The zero-order chi connectivity index (χ0) is 21.6. The van der Waals surface area contributed by atoms with Crippen LogP contribution in [0.15, 0.2) is 29.3 Å². The second-order valence-corrected chi connectivity index (χ2v) is 8.98. The maximum atomic E-state index is 13.3. The Kier molecular flexibility index (Phi) is 7.68. The number of amides is 1. The van der Waals surface area contributed by atoms with Crippen LogP contribution in [0.2, 0.25) is 0 Å². The van der Waals surface area contributed by atoms with E-state index in [0.717, 1.165) is 68.9 Å². The van der Waals surface area contributed by atoms with E-state index in [1.165, 1.54) is 0 Å². The van der Waals surface area contributed by atoms with Crippen molar-refractivity contribution in [2.75, 3.05) is 0 Å². The molecular weight excluding hydrogens is 374 g/mol. The van der Waals surface area contributed by atoms with Gasteiger partial charge in [-0.15, -0.1) is 0 Å². The molecule has 5 nitrogen and oxygen atoms in total. The Bertz CT molecular complexity index is 767. The van der Waals surface area contributed by atoms with Crippen LogP contribution >= 0.6 is 0 Å². The molecular formula is C25H37N3O2. The lowest BCUT2D eigenvalue weighted by Crippen LogP contribution is -2.45. The predicted octanol–water partition coefficient (Wildman–Crippen LogP) is 4.76. The van der Waals surface area contributed by atoms with E-state index in [4.69, 9.17) is 10.7 Å². The highest BCUT2D eigenvalue weighted by molar-refractivity contribution is 6.07. The molecule has 1 heterocycles. The van der Waals surface area contributed by atoms with Gasteiger partial charge >= 0.3 is 0 Å². The van der Waals surface area contributed by atoms with Gasteiger partial charge in [-0.25, -0.2) is 4.99 Å². The van der Waals surface area contributed by atoms with E-state index in [-0.39, 0.29) is 5.91 Å². The number of rotatable bonds is 13. The fourth-order valence-electron chi connectivity index (χ4n) is 4.42. The number of guanidine groups is 1. The molecule has 1 unspecified atom stereocenters. The molecule has 5 heteroatoms. The van der Waals surface area contributed by atoms with Crippen LogP contribution in [0.25, 0.3) is 0 Å². The number of hydrogen-bond acceptors (Lipinski definition) is 4. The predicted molar refractivity (Wildman–Crippen MR) is 121 cm³/mol. The molecule has 1 saturated carbocycles. The lowest BCUT2D eigenvalue weighted by atomic mass is 9.87. The number of aryl methyl sites for hydroxylation is 1. The van der Waals surface area contributed by atoms with Crippen molar-refractivity contribution in [3.63, 3.8) is 0 Å². The maximum Gasteiger partial charge on any atom is 0.257 e. The summed E-state index contributed by atoms with van der Waals surface area (Å²) in [6, 6.07) is 8.21. The first kappa shape index (κ1) is 22.5. The van der Waals surface area contributed by atoms with Gasteiger partial charge in [-0.1, -0.05) is 63.8 Å². The molecule has 1 fully saturated rings. The summed E-state index contributed by atoms with van der Waals surface area (Å²) in [5, 5.41) is 0. The zero-order valence-electron chi connectivity index (χ0n) is 18.7. The van der Waals surface area contributed by atoms with Gasteiger partial charge in [0, 0.05) is 12.8 Å². The van der Waals surface area contributed by atoms with Gasteiger partial charge in [-0.3, -0.25) is 14.5 Å². The monoisotopic (exact) mass is 411 g/mol. The Hall–Kier alpha value is -2.17. The summed E-state index contributed by atoms with van der Waals surface area (Å²) in [6.45, 7) is 4.76. The minimum atomic E-state index is -0.613. The first-order chi connectivity index (χ1) is 14.5. The largest absolute Gasteiger partial charge is 0.369 e. The van der Waals surface area contributed by atoms with E-state index in [9.17, 15) is 9.59 Å². The van der Waals surface area contributed by atoms with E-state index in [1.807, 2.05) is 12.1 Å². The second-order valence-electron chi connectivity index (χ2n) is 8.98. The minimum absolute atomic E-state index is 0.0812. The van der Waals surface area contributed by atoms with Crippen LogP contribution in [0.4, 0.5) is 0 Å². The summed E-state index contributed by atoms with van der Waals surface area (Å²) in [5.74, 6) is 1.16. The molecule has 30 heavy (non-hydrogen) atoms.